The Bertz CT molecular complexity index is 1020. The molecule has 174 valence electrons. The Morgan fingerprint density at radius 3 is 2.52 bits per heavy atom. The summed E-state index contributed by atoms with van der Waals surface area (Å²) in [6.07, 6.45) is 2.47. The van der Waals surface area contributed by atoms with E-state index in [1.54, 1.807) is 14.0 Å². The maximum Gasteiger partial charge on any atom is 0.244 e. The van der Waals surface area contributed by atoms with Crippen LogP contribution in [0.25, 0.3) is 0 Å². The van der Waals surface area contributed by atoms with E-state index in [0.29, 0.717) is 13.0 Å². The van der Waals surface area contributed by atoms with Gasteiger partial charge in [-0.1, -0.05) is 24.3 Å². The Morgan fingerprint density at radius 2 is 1.82 bits per heavy atom. The molecule has 0 N–H and O–H groups in total. The molecule has 2 fully saturated rings. The lowest BCUT2D eigenvalue weighted by Gasteiger charge is -2.39. The highest BCUT2D eigenvalue weighted by Crippen LogP contribution is 2.38. The zero-order valence-corrected chi connectivity index (χ0v) is 19.3. The number of fused-ring (bicyclic) bond motifs is 3. The normalized spacial score (nSPS) is 23.5. The van der Waals surface area contributed by atoms with E-state index in [2.05, 4.69) is 4.90 Å². The van der Waals surface area contributed by atoms with Gasteiger partial charge in [-0.25, -0.2) is 0 Å². The molecule has 2 amide bonds. The van der Waals surface area contributed by atoms with Gasteiger partial charge in [0.15, 0.2) is 0 Å². The van der Waals surface area contributed by atoms with Crippen LogP contribution in [0.5, 0.6) is 11.5 Å². The number of benzene rings is 2. The Labute approximate surface area is 194 Å². The van der Waals surface area contributed by atoms with Crippen molar-refractivity contribution in [2.75, 3.05) is 31.6 Å². The van der Waals surface area contributed by atoms with Crippen LogP contribution in [-0.2, 0) is 16.1 Å². The van der Waals surface area contributed by atoms with Gasteiger partial charge in [0.05, 0.1) is 25.4 Å². The van der Waals surface area contributed by atoms with E-state index in [4.69, 9.17) is 9.47 Å². The molecule has 2 atom stereocenters. The molecule has 0 radical (unpaired) electrons. The van der Waals surface area contributed by atoms with Crippen LogP contribution in [0, 0.1) is 0 Å². The van der Waals surface area contributed by atoms with E-state index < -0.39 is 0 Å². The lowest BCUT2D eigenvalue weighted by Crippen LogP contribution is -2.52. The monoisotopic (exact) mass is 449 g/mol. The van der Waals surface area contributed by atoms with Gasteiger partial charge in [0, 0.05) is 39.0 Å². The molecule has 2 aromatic carbocycles. The summed E-state index contributed by atoms with van der Waals surface area (Å²) in [5, 5.41) is 0. The number of likely N-dealkylation sites (tertiary alicyclic amines) is 2. The number of ether oxygens (including phenoxy) is 2. The number of carbonyl (C=O) groups excluding carboxylic acids is 2. The molecule has 3 aliphatic rings. The average molecular weight is 450 g/mol. The fourth-order valence-electron chi connectivity index (χ4n) is 5.40. The first-order valence-corrected chi connectivity index (χ1v) is 11.7. The van der Waals surface area contributed by atoms with E-state index in [0.717, 1.165) is 55.2 Å². The summed E-state index contributed by atoms with van der Waals surface area (Å²) in [5.41, 5.74) is 1.86. The van der Waals surface area contributed by atoms with Crippen molar-refractivity contribution in [3.8, 4) is 11.5 Å². The van der Waals surface area contributed by atoms with Gasteiger partial charge in [0.25, 0.3) is 0 Å². The van der Waals surface area contributed by atoms with Crippen molar-refractivity contribution >= 4 is 17.5 Å². The number of nitrogens with zero attached hydrogens (tertiary/aromatic N) is 3. The minimum absolute atomic E-state index is 0.00549. The quantitative estimate of drug-likeness (QED) is 0.718. The molecule has 5 rings (SSSR count). The fourth-order valence-corrected chi connectivity index (χ4v) is 5.40. The van der Waals surface area contributed by atoms with E-state index >= 15 is 0 Å². The SMILES string of the molecule is COc1ccc(CN2C(=O)C3CC(CN3C3CCN(C(C)=O)CC3)Oc3ccccc32)cc1. The van der Waals surface area contributed by atoms with Crippen molar-refractivity contribution in [2.45, 2.75) is 50.9 Å². The molecule has 0 saturated carbocycles. The summed E-state index contributed by atoms with van der Waals surface area (Å²) in [7, 11) is 1.65. The third-order valence-electron chi connectivity index (χ3n) is 7.18. The van der Waals surface area contributed by atoms with Gasteiger partial charge in [0.1, 0.15) is 17.6 Å². The number of carbonyl (C=O) groups is 2. The second-order valence-electron chi connectivity index (χ2n) is 9.17. The summed E-state index contributed by atoms with van der Waals surface area (Å²) >= 11 is 0. The number of para-hydroxylation sites is 2. The van der Waals surface area contributed by atoms with Crippen LogP contribution in [0.3, 0.4) is 0 Å². The molecular formula is C26H31N3O4. The lowest BCUT2D eigenvalue weighted by molar-refractivity contribution is -0.131. The third kappa shape index (κ3) is 4.29. The molecule has 2 unspecified atom stereocenters. The molecule has 2 aromatic rings. The van der Waals surface area contributed by atoms with E-state index in [1.165, 1.54) is 0 Å². The van der Waals surface area contributed by atoms with Crippen molar-refractivity contribution in [2.24, 2.45) is 0 Å². The van der Waals surface area contributed by atoms with Crippen molar-refractivity contribution in [3.05, 3.63) is 54.1 Å². The van der Waals surface area contributed by atoms with Gasteiger partial charge in [-0.3, -0.25) is 14.5 Å². The minimum Gasteiger partial charge on any atom is -0.497 e. The van der Waals surface area contributed by atoms with E-state index in [1.807, 2.05) is 58.3 Å². The smallest absolute Gasteiger partial charge is 0.244 e. The highest BCUT2D eigenvalue weighted by atomic mass is 16.5. The molecule has 7 nitrogen and oxygen atoms in total. The molecule has 0 aromatic heterocycles. The molecule has 0 aliphatic carbocycles. The minimum atomic E-state index is -0.213. The zero-order valence-electron chi connectivity index (χ0n) is 19.3. The number of piperidine rings is 1. The van der Waals surface area contributed by atoms with Crippen LogP contribution >= 0.6 is 0 Å². The van der Waals surface area contributed by atoms with Crippen LogP contribution < -0.4 is 14.4 Å². The Hall–Kier alpha value is -3.06. The van der Waals surface area contributed by atoms with Gasteiger partial charge >= 0.3 is 0 Å². The molecule has 2 bridgehead atoms. The molecule has 33 heavy (non-hydrogen) atoms. The van der Waals surface area contributed by atoms with Gasteiger partial charge in [-0.05, 0) is 42.7 Å². The first-order chi connectivity index (χ1) is 16.0. The Kier molecular flexibility index (Phi) is 5.98. The zero-order chi connectivity index (χ0) is 22.9. The number of amides is 2. The van der Waals surface area contributed by atoms with Crippen LogP contribution in [-0.4, -0.2) is 66.5 Å². The highest BCUT2D eigenvalue weighted by Gasteiger charge is 2.45. The molecule has 3 heterocycles. The van der Waals surface area contributed by atoms with E-state index in [-0.39, 0.29) is 30.0 Å². The van der Waals surface area contributed by atoms with Crippen LogP contribution in [0.1, 0.15) is 31.7 Å². The predicted octanol–water partition coefficient (Wildman–Crippen LogP) is 3.07. The standard InChI is InChI=1S/C26H31N3O4/c1-18(30)27-13-11-20(12-14-27)28-17-22-15-24(28)26(31)29(23-5-3-4-6-25(23)33-22)16-19-7-9-21(32-2)10-8-19/h3-10,20,22,24H,11-17H2,1-2H3. The predicted molar refractivity (Wildman–Crippen MR) is 125 cm³/mol. The first kappa shape index (κ1) is 21.8. The van der Waals surface area contributed by atoms with Gasteiger partial charge in [-0.15, -0.1) is 0 Å². The molecule has 0 spiro atoms. The van der Waals surface area contributed by atoms with Crippen LogP contribution in [0.15, 0.2) is 48.5 Å². The summed E-state index contributed by atoms with van der Waals surface area (Å²) in [6, 6.07) is 15.8. The summed E-state index contributed by atoms with van der Waals surface area (Å²) in [5.74, 6) is 1.81. The fraction of sp³-hybridized carbons (Fsp3) is 0.462. The Morgan fingerprint density at radius 1 is 1.09 bits per heavy atom. The number of methoxy groups -OCH3 is 1. The number of hydrogen-bond acceptors (Lipinski definition) is 5. The maximum absolute atomic E-state index is 14.0. The second kappa shape index (κ2) is 9.06. The Balaban J connectivity index is 1.42. The third-order valence-corrected chi connectivity index (χ3v) is 7.18. The summed E-state index contributed by atoms with van der Waals surface area (Å²) in [6.45, 7) is 4.34. The first-order valence-electron chi connectivity index (χ1n) is 11.7. The molecule has 2 saturated heterocycles. The number of rotatable bonds is 4. The maximum atomic E-state index is 14.0. The largest absolute Gasteiger partial charge is 0.497 e. The number of hydrogen-bond donors (Lipinski definition) is 0. The lowest BCUT2D eigenvalue weighted by atomic mass is 10.0. The van der Waals surface area contributed by atoms with Crippen molar-refractivity contribution in [3.63, 3.8) is 0 Å². The average Bonchev–Trinajstić information content (AvgIpc) is 3.27. The number of anilines is 1. The second-order valence-corrected chi connectivity index (χ2v) is 9.17. The van der Waals surface area contributed by atoms with Crippen molar-refractivity contribution < 1.29 is 19.1 Å². The summed E-state index contributed by atoms with van der Waals surface area (Å²) in [4.78, 5) is 31.9. The van der Waals surface area contributed by atoms with E-state index in [9.17, 15) is 9.59 Å². The topological polar surface area (TPSA) is 62.3 Å². The van der Waals surface area contributed by atoms with Crippen molar-refractivity contribution in [1.29, 1.82) is 0 Å². The van der Waals surface area contributed by atoms with Crippen molar-refractivity contribution in [1.82, 2.24) is 9.80 Å². The van der Waals surface area contributed by atoms with Gasteiger partial charge < -0.3 is 19.3 Å². The van der Waals surface area contributed by atoms with Gasteiger partial charge in [-0.2, -0.15) is 0 Å². The summed E-state index contributed by atoms with van der Waals surface area (Å²) < 4.78 is 11.7. The molecule has 3 aliphatic heterocycles. The highest BCUT2D eigenvalue weighted by molar-refractivity contribution is 5.99. The molecule has 7 heteroatoms. The van der Waals surface area contributed by atoms with Crippen LogP contribution in [0.2, 0.25) is 0 Å². The molecular weight excluding hydrogens is 418 g/mol. The van der Waals surface area contributed by atoms with Gasteiger partial charge in [0.2, 0.25) is 11.8 Å². The van der Waals surface area contributed by atoms with Crippen LogP contribution in [0.4, 0.5) is 5.69 Å².